The number of amides is 1. The molecule has 0 radical (unpaired) electrons. The van der Waals surface area contributed by atoms with E-state index in [4.69, 9.17) is 0 Å². The van der Waals surface area contributed by atoms with E-state index < -0.39 is 0 Å². The van der Waals surface area contributed by atoms with Gasteiger partial charge in [-0.1, -0.05) is 17.8 Å². The van der Waals surface area contributed by atoms with Crippen LogP contribution >= 0.6 is 11.8 Å². The molecule has 1 aliphatic heterocycles. The van der Waals surface area contributed by atoms with Gasteiger partial charge in [-0.05, 0) is 43.2 Å². The summed E-state index contributed by atoms with van der Waals surface area (Å²) in [5.74, 6) is 1.24. The molecular weight excluding hydrogens is 384 g/mol. The van der Waals surface area contributed by atoms with Crippen LogP contribution in [0.4, 0.5) is 5.95 Å². The number of carbonyl (C=O) groups excluding carboxylic acids is 1. The number of aromatic nitrogens is 4. The van der Waals surface area contributed by atoms with Crippen molar-refractivity contribution in [2.75, 3.05) is 36.8 Å². The SMILES string of the molecule is Cc1cc(C)cc(-n2ccnc2SCC(=O)N2CCN(c3ncccn3)CC2)c1. The lowest BCUT2D eigenvalue weighted by Gasteiger charge is -2.34. The quantitative estimate of drug-likeness (QED) is 0.605. The summed E-state index contributed by atoms with van der Waals surface area (Å²) >= 11 is 1.48. The molecule has 29 heavy (non-hydrogen) atoms. The molecule has 1 fully saturated rings. The molecule has 0 saturated carbocycles. The molecule has 0 N–H and O–H groups in total. The fourth-order valence-electron chi connectivity index (χ4n) is 3.51. The zero-order valence-corrected chi connectivity index (χ0v) is 17.5. The first kappa shape index (κ1) is 19.4. The number of carbonyl (C=O) groups is 1. The Morgan fingerprint density at radius 2 is 1.66 bits per heavy atom. The van der Waals surface area contributed by atoms with E-state index in [9.17, 15) is 4.79 Å². The van der Waals surface area contributed by atoms with Crippen molar-refractivity contribution in [3.05, 3.63) is 60.2 Å². The van der Waals surface area contributed by atoms with Gasteiger partial charge in [-0.15, -0.1) is 0 Å². The second-order valence-corrected chi connectivity index (χ2v) is 8.07. The minimum absolute atomic E-state index is 0.138. The van der Waals surface area contributed by atoms with Gasteiger partial charge in [-0.3, -0.25) is 9.36 Å². The van der Waals surface area contributed by atoms with E-state index >= 15 is 0 Å². The number of aryl methyl sites for hydroxylation is 2. The maximum absolute atomic E-state index is 12.7. The first-order valence-corrected chi connectivity index (χ1v) is 10.6. The fraction of sp³-hybridized carbons (Fsp3) is 0.333. The molecule has 3 heterocycles. The Bertz CT molecular complexity index is 962. The average Bonchev–Trinajstić information content (AvgIpc) is 3.21. The Morgan fingerprint density at radius 3 is 2.34 bits per heavy atom. The molecule has 4 rings (SSSR count). The first-order chi connectivity index (χ1) is 14.1. The van der Waals surface area contributed by atoms with Gasteiger partial charge in [0, 0.05) is 56.7 Å². The molecule has 0 bridgehead atoms. The van der Waals surface area contributed by atoms with E-state index in [1.54, 1.807) is 18.6 Å². The number of piperazine rings is 1. The van der Waals surface area contributed by atoms with Crippen LogP contribution in [0.1, 0.15) is 11.1 Å². The van der Waals surface area contributed by atoms with E-state index in [1.165, 1.54) is 22.9 Å². The number of thioether (sulfide) groups is 1. The summed E-state index contributed by atoms with van der Waals surface area (Å²) in [4.78, 5) is 29.8. The fourth-order valence-corrected chi connectivity index (χ4v) is 4.39. The number of nitrogens with zero attached hydrogens (tertiary/aromatic N) is 6. The summed E-state index contributed by atoms with van der Waals surface area (Å²) in [7, 11) is 0. The summed E-state index contributed by atoms with van der Waals surface area (Å²) in [5.41, 5.74) is 3.49. The number of rotatable bonds is 5. The summed E-state index contributed by atoms with van der Waals surface area (Å²) in [6.45, 7) is 7.04. The van der Waals surface area contributed by atoms with E-state index in [2.05, 4.69) is 51.9 Å². The van der Waals surface area contributed by atoms with E-state index in [0.717, 1.165) is 29.9 Å². The number of imidazole rings is 1. The largest absolute Gasteiger partial charge is 0.338 e. The van der Waals surface area contributed by atoms with E-state index in [0.29, 0.717) is 18.8 Å². The summed E-state index contributed by atoms with van der Waals surface area (Å²) in [5, 5.41) is 0.833. The Balaban J connectivity index is 1.35. The third-order valence-corrected chi connectivity index (χ3v) is 5.84. The van der Waals surface area contributed by atoms with Crippen molar-refractivity contribution in [2.24, 2.45) is 0 Å². The van der Waals surface area contributed by atoms with Crippen LogP contribution in [0.25, 0.3) is 5.69 Å². The lowest BCUT2D eigenvalue weighted by molar-refractivity contribution is -0.128. The van der Waals surface area contributed by atoms with Crippen LogP contribution in [0.3, 0.4) is 0 Å². The second-order valence-electron chi connectivity index (χ2n) is 7.13. The molecule has 0 aliphatic carbocycles. The van der Waals surface area contributed by atoms with Crippen LogP contribution in [0.2, 0.25) is 0 Å². The maximum atomic E-state index is 12.7. The van der Waals surface area contributed by atoms with Gasteiger partial charge in [-0.2, -0.15) is 0 Å². The lowest BCUT2D eigenvalue weighted by Crippen LogP contribution is -2.49. The minimum Gasteiger partial charge on any atom is -0.338 e. The van der Waals surface area contributed by atoms with Crippen LogP contribution < -0.4 is 4.90 Å². The maximum Gasteiger partial charge on any atom is 0.233 e. The molecule has 8 heteroatoms. The first-order valence-electron chi connectivity index (χ1n) is 9.65. The predicted molar refractivity (Wildman–Crippen MR) is 115 cm³/mol. The lowest BCUT2D eigenvalue weighted by atomic mass is 10.1. The van der Waals surface area contributed by atoms with Gasteiger partial charge in [0.15, 0.2) is 5.16 Å². The van der Waals surface area contributed by atoms with Crippen LogP contribution in [0.15, 0.2) is 54.2 Å². The Hall–Kier alpha value is -2.87. The van der Waals surface area contributed by atoms with Crippen molar-refractivity contribution >= 4 is 23.6 Å². The van der Waals surface area contributed by atoms with Gasteiger partial charge >= 0.3 is 0 Å². The van der Waals surface area contributed by atoms with Crippen LogP contribution in [0, 0.1) is 13.8 Å². The second kappa shape index (κ2) is 8.65. The summed E-state index contributed by atoms with van der Waals surface area (Å²) < 4.78 is 2.04. The Kier molecular flexibility index (Phi) is 5.80. The van der Waals surface area contributed by atoms with Gasteiger partial charge in [0.05, 0.1) is 5.75 Å². The molecule has 1 saturated heterocycles. The summed E-state index contributed by atoms with van der Waals surface area (Å²) in [6, 6.07) is 8.22. The van der Waals surface area contributed by atoms with Gasteiger partial charge in [-0.25, -0.2) is 15.0 Å². The monoisotopic (exact) mass is 408 g/mol. The Morgan fingerprint density at radius 1 is 0.966 bits per heavy atom. The van der Waals surface area contributed by atoms with Crippen molar-refractivity contribution in [1.29, 1.82) is 0 Å². The van der Waals surface area contributed by atoms with Crippen LogP contribution in [-0.2, 0) is 4.79 Å². The van der Waals surface area contributed by atoms with Crippen molar-refractivity contribution in [2.45, 2.75) is 19.0 Å². The molecule has 0 spiro atoms. The predicted octanol–water partition coefficient (Wildman–Crippen LogP) is 2.72. The smallest absolute Gasteiger partial charge is 0.233 e. The van der Waals surface area contributed by atoms with Crippen LogP contribution in [-0.4, -0.2) is 62.3 Å². The van der Waals surface area contributed by atoms with E-state index in [-0.39, 0.29) is 5.91 Å². The molecule has 3 aromatic rings. The molecular formula is C21H24N6OS. The number of benzene rings is 1. The Labute approximate surface area is 174 Å². The van der Waals surface area contributed by atoms with Crippen molar-refractivity contribution < 1.29 is 4.79 Å². The van der Waals surface area contributed by atoms with Gasteiger partial charge in [0.2, 0.25) is 11.9 Å². The highest BCUT2D eigenvalue weighted by atomic mass is 32.2. The standard InChI is InChI=1S/C21H24N6OS/c1-16-12-17(2)14-18(13-16)27-7-6-24-21(27)29-15-19(28)25-8-10-26(11-9-25)20-22-4-3-5-23-20/h3-7,12-14H,8-11,15H2,1-2H3. The highest BCUT2D eigenvalue weighted by molar-refractivity contribution is 7.99. The highest BCUT2D eigenvalue weighted by Crippen LogP contribution is 2.23. The zero-order valence-electron chi connectivity index (χ0n) is 16.7. The number of hydrogen-bond donors (Lipinski definition) is 0. The normalized spacial score (nSPS) is 14.3. The average molecular weight is 409 g/mol. The molecule has 1 aromatic carbocycles. The third kappa shape index (κ3) is 4.59. The zero-order chi connectivity index (χ0) is 20.2. The molecule has 1 amide bonds. The minimum atomic E-state index is 0.138. The van der Waals surface area contributed by atoms with Gasteiger partial charge in [0.1, 0.15) is 0 Å². The van der Waals surface area contributed by atoms with E-state index in [1.807, 2.05) is 21.7 Å². The molecule has 0 atom stereocenters. The molecule has 1 aliphatic rings. The molecule has 150 valence electrons. The topological polar surface area (TPSA) is 67.2 Å². The molecule has 0 unspecified atom stereocenters. The number of anilines is 1. The van der Waals surface area contributed by atoms with Crippen molar-refractivity contribution in [1.82, 2.24) is 24.4 Å². The van der Waals surface area contributed by atoms with Crippen molar-refractivity contribution in [3.8, 4) is 5.69 Å². The summed E-state index contributed by atoms with van der Waals surface area (Å²) in [6.07, 6.45) is 7.21. The van der Waals surface area contributed by atoms with Crippen LogP contribution in [0.5, 0.6) is 0 Å². The molecule has 7 nitrogen and oxygen atoms in total. The van der Waals surface area contributed by atoms with Gasteiger partial charge in [0.25, 0.3) is 0 Å². The molecule has 2 aromatic heterocycles. The highest BCUT2D eigenvalue weighted by Gasteiger charge is 2.23. The van der Waals surface area contributed by atoms with Gasteiger partial charge < -0.3 is 9.80 Å². The number of hydrogen-bond acceptors (Lipinski definition) is 6. The third-order valence-electron chi connectivity index (χ3n) is 4.88. The van der Waals surface area contributed by atoms with Crippen molar-refractivity contribution in [3.63, 3.8) is 0 Å².